The lowest BCUT2D eigenvalue weighted by Gasteiger charge is -2.34. The van der Waals surface area contributed by atoms with Crippen LogP contribution in [-0.4, -0.2) is 51.1 Å². The van der Waals surface area contributed by atoms with Gasteiger partial charge in [-0.05, 0) is 30.7 Å². The highest BCUT2D eigenvalue weighted by molar-refractivity contribution is 6.34. The lowest BCUT2D eigenvalue weighted by molar-refractivity contribution is -0.146. The fourth-order valence-electron chi connectivity index (χ4n) is 3.98. The Kier molecular flexibility index (Phi) is 5.79. The van der Waals surface area contributed by atoms with Gasteiger partial charge in [0.15, 0.2) is 5.82 Å². The summed E-state index contributed by atoms with van der Waals surface area (Å²) in [6, 6.07) is 6.58. The molecule has 2 heterocycles. The van der Waals surface area contributed by atoms with Gasteiger partial charge in [0, 0.05) is 13.1 Å². The lowest BCUT2D eigenvalue weighted by atomic mass is 9.94. The molecule has 0 bridgehead atoms. The molecule has 1 aliphatic rings. The number of aliphatic carboxylic acids is 1. The van der Waals surface area contributed by atoms with Crippen molar-refractivity contribution in [2.24, 2.45) is 5.92 Å². The Hall–Kier alpha value is -3.18. The van der Waals surface area contributed by atoms with E-state index in [1.807, 2.05) is 0 Å². The van der Waals surface area contributed by atoms with Crippen LogP contribution < -0.4 is 4.90 Å². The summed E-state index contributed by atoms with van der Waals surface area (Å²) in [7, 11) is 0. The molecule has 1 fully saturated rings. The van der Waals surface area contributed by atoms with E-state index in [9.17, 15) is 37.4 Å². The van der Waals surface area contributed by atoms with Crippen LogP contribution in [0.5, 0.6) is 0 Å². The molecule has 2 unspecified atom stereocenters. The molecule has 1 aliphatic heterocycles. The van der Waals surface area contributed by atoms with Gasteiger partial charge in [0.05, 0.1) is 39.1 Å². The van der Waals surface area contributed by atoms with Gasteiger partial charge in [0.2, 0.25) is 0 Å². The molecular weight excluding hydrogens is 470 g/mol. The van der Waals surface area contributed by atoms with Crippen molar-refractivity contribution in [3.05, 3.63) is 58.4 Å². The average molecular weight is 486 g/mol. The van der Waals surface area contributed by atoms with Gasteiger partial charge in [-0.3, -0.25) is 9.59 Å². The molecule has 2 atom stereocenters. The van der Waals surface area contributed by atoms with Gasteiger partial charge >= 0.3 is 12.1 Å². The van der Waals surface area contributed by atoms with Crippen molar-refractivity contribution in [3.8, 4) is 0 Å². The van der Waals surface area contributed by atoms with Crippen LogP contribution in [0.4, 0.5) is 23.4 Å². The number of halogens is 5. The fraction of sp³-hybridized carbons (Fsp3) is 0.286. The Balaban J connectivity index is 1.85. The minimum atomic E-state index is -4.88. The molecule has 0 saturated carbocycles. The van der Waals surface area contributed by atoms with E-state index in [1.54, 1.807) is 0 Å². The zero-order chi connectivity index (χ0) is 24.1. The summed E-state index contributed by atoms with van der Waals surface area (Å²) in [5.41, 5.74) is -2.20. The van der Waals surface area contributed by atoms with Crippen molar-refractivity contribution >= 4 is 40.2 Å². The number of carbonyl (C=O) groups excluding carboxylic acids is 1. The third kappa shape index (κ3) is 4.02. The molecule has 2 aromatic carbocycles. The number of fused-ring (bicyclic) bond motifs is 1. The summed E-state index contributed by atoms with van der Waals surface area (Å²) in [6.07, 6.45) is -6.15. The van der Waals surface area contributed by atoms with Crippen LogP contribution >= 0.6 is 11.6 Å². The average Bonchev–Trinajstić information content (AvgIpc) is 3.13. The normalized spacial score (nSPS) is 19.2. The molecule has 174 valence electrons. The number of nitrogens with zero attached hydrogens (tertiary/aromatic N) is 3. The van der Waals surface area contributed by atoms with Crippen LogP contribution in [0.2, 0.25) is 5.02 Å². The number of carbonyl (C=O) groups is 2. The number of piperidine rings is 1. The summed E-state index contributed by atoms with van der Waals surface area (Å²) in [5, 5.41) is 22.9. The summed E-state index contributed by atoms with van der Waals surface area (Å²) in [4.78, 5) is 25.9. The number of benzene rings is 2. The molecule has 7 nitrogen and oxygen atoms in total. The minimum absolute atomic E-state index is 0.0238. The SMILES string of the molecule is O=C(O)C1CCN(c2nn(C(=O)c3c(Cl)cccc3C(F)(F)F)c3cccc(F)c23)CC1O. The molecule has 2 N–H and O–H groups in total. The quantitative estimate of drug-likeness (QED) is 0.548. The molecule has 3 aromatic rings. The van der Waals surface area contributed by atoms with Crippen LogP contribution in [0.3, 0.4) is 0 Å². The summed E-state index contributed by atoms with van der Waals surface area (Å²) >= 11 is 5.95. The first-order chi connectivity index (χ1) is 15.5. The van der Waals surface area contributed by atoms with Gasteiger partial charge < -0.3 is 15.1 Å². The van der Waals surface area contributed by atoms with Gasteiger partial charge in [-0.15, -0.1) is 5.10 Å². The standard InChI is InChI=1S/C21H16ClF4N3O4/c22-12-4-1-3-11(21(24,25)26)16(12)19(31)29-14-6-2-5-13(23)17(14)18(27-29)28-8-7-10(20(32)33)15(30)9-28/h1-6,10,15,30H,7-9H2,(H,32,33). The van der Waals surface area contributed by atoms with Crippen LogP contribution in [0.25, 0.3) is 10.9 Å². The largest absolute Gasteiger partial charge is 0.481 e. The highest BCUT2D eigenvalue weighted by Crippen LogP contribution is 2.37. The predicted molar refractivity (Wildman–Crippen MR) is 110 cm³/mol. The van der Waals surface area contributed by atoms with Crippen LogP contribution in [0.15, 0.2) is 36.4 Å². The van der Waals surface area contributed by atoms with Gasteiger partial charge in [0.25, 0.3) is 5.91 Å². The number of β-amino-alcohol motifs (C(OH)–C–C–N with tert-alkyl or cyclic N) is 1. The maximum absolute atomic E-state index is 14.8. The maximum Gasteiger partial charge on any atom is 0.417 e. The van der Waals surface area contributed by atoms with E-state index in [1.165, 1.54) is 17.0 Å². The summed E-state index contributed by atoms with van der Waals surface area (Å²) < 4.78 is 56.0. The lowest BCUT2D eigenvalue weighted by Crippen LogP contribution is -2.47. The predicted octanol–water partition coefficient (Wildman–Crippen LogP) is 3.81. The van der Waals surface area contributed by atoms with Gasteiger partial charge in [-0.25, -0.2) is 4.39 Å². The Bertz CT molecular complexity index is 1260. The first-order valence-electron chi connectivity index (χ1n) is 9.74. The number of aliphatic hydroxyl groups is 1. The molecule has 12 heteroatoms. The number of carboxylic acids is 1. The number of hydrogen-bond acceptors (Lipinski definition) is 5. The zero-order valence-corrected chi connectivity index (χ0v) is 17.4. The molecule has 1 saturated heterocycles. The second-order valence-electron chi connectivity index (χ2n) is 7.58. The number of aromatic nitrogens is 2. The number of carboxylic acid groups (broad SMARTS) is 1. The minimum Gasteiger partial charge on any atom is -0.481 e. The second-order valence-corrected chi connectivity index (χ2v) is 7.99. The summed E-state index contributed by atoms with van der Waals surface area (Å²) in [5.74, 6) is -4.31. The maximum atomic E-state index is 14.8. The van der Waals surface area contributed by atoms with Crippen molar-refractivity contribution in [1.29, 1.82) is 0 Å². The molecule has 1 aromatic heterocycles. The second kappa shape index (κ2) is 8.31. The monoisotopic (exact) mass is 485 g/mol. The molecule has 4 rings (SSSR count). The fourth-order valence-corrected chi connectivity index (χ4v) is 4.24. The number of rotatable bonds is 3. The van der Waals surface area contributed by atoms with Crippen molar-refractivity contribution in [3.63, 3.8) is 0 Å². The molecule has 0 amide bonds. The van der Waals surface area contributed by atoms with Crippen molar-refractivity contribution in [2.45, 2.75) is 18.7 Å². The van der Waals surface area contributed by atoms with E-state index in [2.05, 4.69) is 5.10 Å². The molecule has 33 heavy (non-hydrogen) atoms. The highest BCUT2D eigenvalue weighted by Gasteiger charge is 2.38. The zero-order valence-electron chi connectivity index (χ0n) is 16.7. The van der Waals surface area contributed by atoms with Crippen molar-refractivity contribution < 1.29 is 37.4 Å². The number of hydrogen-bond donors (Lipinski definition) is 2. The number of aliphatic hydroxyl groups excluding tert-OH is 1. The van der Waals surface area contributed by atoms with Crippen LogP contribution in [-0.2, 0) is 11.0 Å². The van der Waals surface area contributed by atoms with Gasteiger partial charge in [-0.2, -0.15) is 17.9 Å². The molecular formula is C21H16ClF4N3O4. The van der Waals surface area contributed by atoms with Crippen LogP contribution in [0.1, 0.15) is 22.3 Å². The number of alkyl halides is 3. The molecule has 0 radical (unpaired) electrons. The van der Waals surface area contributed by atoms with Crippen molar-refractivity contribution in [1.82, 2.24) is 9.78 Å². The van der Waals surface area contributed by atoms with Gasteiger partial charge in [0.1, 0.15) is 5.82 Å². The molecule has 0 spiro atoms. The topological polar surface area (TPSA) is 95.7 Å². The summed E-state index contributed by atoms with van der Waals surface area (Å²) in [6.45, 7) is -0.145. The first-order valence-corrected chi connectivity index (χ1v) is 10.1. The number of anilines is 1. The highest BCUT2D eigenvalue weighted by atomic mass is 35.5. The van der Waals surface area contributed by atoms with E-state index in [-0.39, 0.29) is 36.2 Å². The van der Waals surface area contributed by atoms with Gasteiger partial charge in [-0.1, -0.05) is 23.7 Å². The molecule has 0 aliphatic carbocycles. The smallest absolute Gasteiger partial charge is 0.417 e. The van der Waals surface area contributed by atoms with Crippen molar-refractivity contribution in [2.75, 3.05) is 18.0 Å². The third-order valence-corrected chi connectivity index (χ3v) is 5.88. The first kappa shape index (κ1) is 23.0. The van der Waals surface area contributed by atoms with E-state index in [0.717, 1.165) is 18.2 Å². The Labute approximate surface area is 188 Å². The Morgan fingerprint density at radius 3 is 2.48 bits per heavy atom. The Morgan fingerprint density at radius 2 is 1.85 bits per heavy atom. The van der Waals surface area contributed by atoms with E-state index in [0.29, 0.717) is 10.7 Å². The Morgan fingerprint density at radius 1 is 1.15 bits per heavy atom. The van der Waals surface area contributed by atoms with E-state index < -0.39 is 52.0 Å². The van der Waals surface area contributed by atoms with Crippen LogP contribution in [0, 0.1) is 11.7 Å². The third-order valence-electron chi connectivity index (χ3n) is 5.56. The van der Waals surface area contributed by atoms with E-state index in [4.69, 9.17) is 11.6 Å². The van der Waals surface area contributed by atoms with E-state index >= 15 is 0 Å².